The van der Waals surface area contributed by atoms with Crippen LogP contribution in [-0.2, 0) is 4.74 Å². The predicted octanol–water partition coefficient (Wildman–Crippen LogP) is 1.82. The third-order valence-electron chi connectivity index (χ3n) is 3.05. The molecule has 0 saturated heterocycles. The zero-order chi connectivity index (χ0) is 9.41. The summed E-state index contributed by atoms with van der Waals surface area (Å²) in [5, 5.41) is 10.1. The van der Waals surface area contributed by atoms with Crippen LogP contribution in [0, 0.1) is 11.3 Å². The van der Waals surface area contributed by atoms with Crippen molar-refractivity contribution >= 4 is 0 Å². The van der Waals surface area contributed by atoms with E-state index in [0.717, 1.165) is 19.4 Å². The van der Waals surface area contributed by atoms with Gasteiger partial charge in [-0.2, -0.15) is 0 Å². The van der Waals surface area contributed by atoms with Crippen LogP contribution < -0.4 is 0 Å². The number of hydrogen-bond donors (Lipinski definition) is 1. The highest BCUT2D eigenvalue weighted by molar-refractivity contribution is 5.01. The summed E-state index contributed by atoms with van der Waals surface area (Å²) in [6.45, 7) is 7.07. The van der Waals surface area contributed by atoms with E-state index < -0.39 is 5.60 Å². The number of methoxy groups -OCH3 is 1. The van der Waals surface area contributed by atoms with Crippen molar-refractivity contribution in [3.8, 4) is 0 Å². The van der Waals surface area contributed by atoms with Gasteiger partial charge in [0, 0.05) is 13.7 Å². The molecule has 72 valence electrons. The highest BCUT2D eigenvalue weighted by atomic mass is 16.5. The maximum absolute atomic E-state index is 10.1. The molecule has 0 aromatic heterocycles. The highest BCUT2D eigenvalue weighted by Gasteiger charge is 2.50. The summed E-state index contributed by atoms with van der Waals surface area (Å²) >= 11 is 0. The molecular formula is C10H20O2. The molecule has 1 saturated carbocycles. The molecule has 0 aromatic carbocycles. The van der Waals surface area contributed by atoms with Gasteiger partial charge in [0.05, 0.1) is 5.60 Å². The van der Waals surface area contributed by atoms with Crippen molar-refractivity contribution in [2.75, 3.05) is 13.7 Å². The Morgan fingerprint density at radius 3 is 2.25 bits per heavy atom. The zero-order valence-corrected chi connectivity index (χ0v) is 8.55. The third kappa shape index (κ3) is 1.64. The van der Waals surface area contributed by atoms with Gasteiger partial charge in [-0.1, -0.05) is 20.8 Å². The Morgan fingerprint density at radius 1 is 1.42 bits per heavy atom. The normalized spacial score (nSPS) is 36.2. The quantitative estimate of drug-likeness (QED) is 0.688. The van der Waals surface area contributed by atoms with E-state index in [9.17, 15) is 5.11 Å². The second kappa shape index (κ2) is 3.00. The number of ether oxygens (including phenoxy) is 1. The van der Waals surface area contributed by atoms with Gasteiger partial charge in [0.1, 0.15) is 0 Å². The minimum Gasteiger partial charge on any atom is -0.389 e. The van der Waals surface area contributed by atoms with Crippen LogP contribution in [0.4, 0.5) is 0 Å². The van der Waals surface area contributed by atoms with Crippen LogP contribution in [0.5, 0.6) is 0 Å². The van der Waals surface area contributed by atoms with Crippen molar-refractivity contribution in [2.45, 2.75) is 39.2 Å². The Kier molecular flexibility index (Phi) is 2.50. The molecule has 0 aliphatic heterocycles. The number of aliphatic hydroxyl groups is 1. The molecule has 12 heavy (non-hydrogen) atoms. The maximum atomic E-state index is 10.1. The summed E-state index contributed by atoms with van der Waals surface area (Å²) in [6.07, 6.45) is 1.79. The molecule has 0 amide bonds. The fourth-order valence-corrected chi connectivity index (χ4v) is 1.86. The molecule has 0 radical (unpaired) electrons. The smallest absolute Gasteiger partial charge is 0.0702 e. The van der Waals surface area contributed by atoms with Crippen LogP contribution in [0.25, 0.3) is 0 Å². The average Bonchev–Trinajstić information content (AvgIpc) is 1.82. The van der Waals surface area contributed by atoms with Crippen molar-refractivity contribution in [2.24, 2.45) is 11.3 Å². The van der Waals surface area contributed by atoms with E-state index >= 15 is 0 Å². The topological polar surface area (TPSA) is 29.5 Å². The van der Waals surface area contributed by atoms with Crippen LogP contribution in [0.3, 0.4) is 0 Å². The van der Waals surface area contributed by atoms with E-state index in [-0.39, 0.29) is 5.41 Å². The molecule has 0 bridgehead atoms. The van der Waals surface area contributed by atoms with Crippen LogP contribution in [-0.4, -0.2) is 24.4 Å². The first-order valence-electron chi connectivity index (χ1n) is 4.60. The summed E-state index contributed by atoms with van der Waals surface area (Å²) in [5.74, 6) is 0.569. The molecule has 1 rings (SSSR count). The Labute approximate surface area is 74.9 Å². The minimum absolute atomic E-state index is 0.0112. The summed E-state index contributed by atoms with van der Waals surface area (Å²) in [4.78, 5) is 0. The molecule has 1 aliphatic rings. The molecule has 2 nitrogen and oxygen atoms in total. The van der Waals surface area contributed by atoms with Gasteiger partial charge in [0.15, 0.2) is 0 Å². The van der Waals surface area contributed by atoms with Crippen molar-refractivity contribution in [1.29, 1.82) is 0 Å². The van der Waals surface area contributed by atoms with Crippen molar-refractivity contribution < 1.29 is 9.84 Å². The van der Waals surface area contributed by atoms with Gasteiger partial charge in [-0.05, 0) is 24.2 Å². The molecule has 0 unspecified atom stereocenters. The summed E-state index contributed by atoms with van der Waals surface area (Å²) in [5.41, 5.74) is -0.437. The number of rotatable bonds is 2. The molecule has 2 heteroatoms. The van der Waals surface area contributed by atoms with E-state index in [1.54, 1.807) is 7.11 Å². The Morgan fingerprint density at radius 2 is 1.92 bits per heavy atom. The molecule has 1 fully saturated rings. The lowest BCUT2D eigenvalue weighted by molar-refractivity contribution is -0.158. The van der Waals surface area contributed by atoms with Gasteiger partial charge in [0.25, 0.3) is 0 Å². The van der Waals surface area contributed by atoms with Gasteiger partial charge >= 0.3 is 0 Å². The maximum Gasteiger partial charge on any atom is 0.0702 e. The standard InChI is InChI=1S/C10H20O2/c1-9(2,3)10(11)5-8(6-10)7-12-4/h8,11H,5-7H2,1-4H3. The SMILES string of the molecule is COCC1CC(O)(C(C)(C)C)C1. The van der Waals surface area contributed by atoms with E-state index in [1.165, 1.54) is 0 Å². The average molecular weight is 172 g/mol. The lowest BCUT2D eigenvalue weighted by Crippen LogP contribution is -2.54. The molecule has 1 N–H and O–H groups in total. The lowest BCUT2D eigenvalue weighted by atomic mass is 9.59. The largest absolute Gasteiger partial charge is 0.389 e. The molecule has 0 spiro atoms. The molecule has 0 heterocycles. The Hall–Kier alpha value is -0.0800. The molecular weight excluding hydrogens is 152 g/mol. The second-order valence-electron chi connectivity index (χ2n) is 5.01. The van der Waals surface area contributed by atoms with Gasteiger partial charge < -0.3 is 9.84 Å². The monoisotopic (exact) mass is 172 g/mol. The minimum atomic E-state index is -0.448. The van der Waals surface area contributed by atoms with Crippen molar-refractivity contribution in [3.63, 3.8) is 0 Å². The van der Waals surface area contributed by atoms with Crippen LogP contribution in [0.2, 0.25) is 0 Å². The third-order valence-corrected chi connectivity index (χ3v) is 3.05. The first-order chi connectivity index (χ1) is 5.39. The van der Waals surface area contributed by atoms with Crippen molar-refractivity contribution in [1.82, 2.24) is 0 Å². The van der Waals surface area contributed by atoms with Crippen LogP contribution in [0.1, 0.15) is 33.6 Å². The van der Waals surface area contributed by atoms with E-state index in [0.29, 0.717) is 5.92 Å². The first-order valence-corrected chi connectivity index (χ1v) is 4.60. The highest BCUT2D eigenvalue weighted by Crippen LogP contribution is 2.48. The molecule has 0 atom stereocenters. The Bertz CT molecular complexity index is 152. The van der Waals surface area contributed by atoms with Crippen LogP contribution in [0.15, 0.2) is 0 Å². The number of hydrogen-bond acceptors (Lipinski definition) is 2. The van der Waals surface area contributed by atoms with E-state index in [2.05, 4.69) is 20.8 Å². The molecule has 0 aromatic rings. The lowest BCUT2D eigenvalue weighted by Gasteiger charge is -2.51. The summed E-state index contributed by atoms with van der Waals surface area (Å²) in [6, 6.07) is 0. The summed E-state index contributed by atoms with van der Waals surface area (Å²) in [7, 11) is 1.72. The fourth-order valence-electron chi connectivity index (χ4n) is 1.86. The molecule has 1 aliphatic carbocycles. The van der Waals surface area contributed by atoms with Gasteiger partial charge in [-0.15, -0.1) is 0 Å². The Balaban J connectivity index is 2.40. The fraction of sp³-hybridized carbons (Fsp3) is 1.00. The predicted molar refractivity (Wildman–Crippen MR) is 49.0 cm³/mol. The van der Waals surface area contributed by atoms with Gasteiger partial charge in [-0.25, -0.2) is 0 Å². The van der Waals surface area contributed by atoms with Crippen molar-refractivity contribution in [3.05, 3.63) is 0 Å². The van der Waals surface area contributed by atoms with E-state index in [4.69, 9.17) is 4.74 Å². The van der Waals surface area contributed by atoms with Crippen LogP contribution >= 0.6 is 0 Å². The first kappa shape index (κ1) is 10.0. The zero-order valence-electron chi connectivity index (χ0n) is 8.55. The second-order valence-corrected chi connectivity index (χ2v) is 5.01. The van der Waals surface area contributed by atoms with Gasteiger partial charge in [-0.3, -0.25) is 0 Å². The van der Waals surface area contributed by atoms with Gasteiger partial charge in [0.2, 0.25) is 0 Å². The summed E-state index contributed by atoms with van der Waals surface area (Å²) < 4.78 is 5.04. The van der Waals surface area contributed by atoms with E-state index in [1.807, 2.05) is 0 Å².